The van der Waals surface area contributed by atoms with Crippen LogP contribution in [0.5, 0.6) is 0 Å². The molecule has 0 saturated carbocycles. The molecule has 20 heavy (non-hydrogen) atoms. The minimum Gasteiger partial charge on any atom is -0.481 e. The SMILES string of the molecule is CCc1ccc(-c2nc(C(C)C)c(CC(=O)O)s2)cc1. The Morgan fingerprint density at radius 2 is 1.95 bits per heavy atom. The van der Waals surface area contributed by atoms with Gasteiger partial charge in [-0.3, -0.25) is 4.79 Å². The maximum Gasteiger partial charge on any atom is 0.308 e. The number of aryl methyl sites for hydroxylation is 1. The number of carbonyl (C=O) groups is 1. The highest BCUT2D eigenvalue weighted by Gasteiger charge is 2.17. The van der Waals surface area contributed by atoms with Crippen LogP contribution in [0.25, 0.3) is 10.6 Å². The molecule has 0 aliphatic heterocycles. The fraction of sp³-hybridized carbons (Fsp3) is 0.375. The standard InChI is InChI=1S/C16H19NO2S/c1-4-11-5-7-12(8-6-11)16-17-15(10(2)3)13(20-16)9-14(18)19/h5-8,10H,4,9H2,1-3H3,(H,18,19). The Bertz CT molecular complexity index is 599. The number of hydrogen-bond donors (Lipinski definition) is 1. The second-order valence-electron chi connectivity index (χ2n) is 5.10. The van der Waals surface area contributed by atoms with Crippen LogP contribution in [-0.4, -0.2) is 16.1 Å². The van der Waals surface area contributed by atoms with E-state index in [1.165, 1.54) is 16.9 Å². The number of thiazole rings is 1. The van der Waals surface area contributed by atoms with Gasteiger partial charge in [0, 0.05) is 10.4 Å². The van der Waals surface area contributed by atoms with Crippen LogP contribution in [0.15, 0.2) is 24.3 Å². The Morgan fingerprint density at radius 1 is 1.30 bits per heavy atom. The molecule has 0 fully saturated rings. The van der Waals surface area contributed by atoms with Crippen molar-refractivity contribution in [3.05, 3.63) is 40.4 Å². The van der Waals surface area contributed by atoms with Crippen molar-refractivity contribution in [3.63, 3.8) is 0 Å². The van der Waals surface area contributed by atoms with E-state index in [1.807, 2.05) is 13.8 Å². The molecule has 0 amide bonds. The van der Waals surface area contributed by atoms with E-state index >= 15 is 0 Å². The number of carboxylic acids is 1. The topological polar surface area (TPSA) is 50.2 Å². The first-order valence-corrected chi connectivity index (χ1v) is 7.63. The molecule has 0 bridgehead atoms. The Morgan fingerprint density at radius 3 is 2.45 bits per heavy atom. The van der Waals surface area contributed by atoms with Crippen molar-refractivity contribution in [1.29, 1.82) is 0 Å². The van der Waals surface area contributed by atoms with Gasteiger partial charge in [-0.15, -0.1) is 11.3 Å². The molecule has 0 atom stereocenters. The Labute approximate surface area is 123 Å². The number of rotatable bonds is 5. The van der Waals surface area contributed by atoms with Gasteiger partial charge in [-0.1, -0.05) is 45.0 Å². The fourth-order valence-corrected chi connectivity index (χ4v) is 3.30. The lowest BCUT2D eigenvalue weighted by Gasteiger charge is -2.02. The van der Waals surface area contributed by atoms with E-state index in [0.29, 0.717) is 0 Å². The van der Waals surface area contributed by atoms with Gasteiger partial charge in [0.15, 0.2) is 0 Å². The van der Waals surface area contributed by atoms with E-state index in [0.717, 1.165) is 27.6 Å². The summed E-state index contributed by atoms with van der Waals surface area (Å²) >= 11 is 1.49. The summed E-state index contributed by atoms with van der Waals surface area (Å²) in [4.78, 5) is 16.5. The highest BCUT2D eigenvalue weighted by atomic mass is 32.1. The van der Waals surface area contributed by atoms with Gasteiger partial charge in [0.25, 0.3) is 0 Å². The van der Waals surface area contributed by atoms with Crippen LogP contribution >= 0.6 is 11.3 Å². The number of hydrogen-bond acceptors (Lipinski definition) is 3. The van der Waals surface area contributed by atoms with E-state index in [4.69, 9.17) is 5.11 Å². The molecular formula is C16H19NO2S. The zero-order valence-corrected chi connectivity index (χ0v) is 12.8. The quantitative estimate of drug-likeness (QED) is 0.900. The summed E-state index contributed by atoms with van der Waals surface area (Å²) in [5.74, 6) is -0.562. The third kappa shape index (κ3) is 3.25. The van der Waals surface area contributed by atoms with Gasteiger partial charge in [0.2, 0.25) is 0 Å². The summed E-state index contributed by atoms with van der Waals surface area (Å²) in [6.45, 7) is 6.22. The van der Waals surface area contributed by atoms with Crippen LogP contribution in [0.1, 0.15) is 42.8 Å². The molecule has 0 aliphatic carbocycles. The minimum absolute atomic E-state index is 0.0538. The highest BCUT2D eigenvalue weighted by molar-refractivity contribution is 7.15. The number of aromatic nitrogens is 1. The Hall–Kier alpha value is -1.68. The largest absolute Gasteiger partial charge is 0.481 e. The molecule has 3 nitrogen and oxygen atoms in total. The summed E-state index contributed by atoms with van der Waals surface area (Å²) in [5.41, 5.74) is 3.26. The molecule has 0 spiro atoms. The monoisotopic (exact) mass is 289 g/mol. The van der Waals surface area contributed by atoms with Gasteiger partial charge < -0.3 is 5.11 Å². The van der Waals surface area contributed by atoms with Crippen molar-refractivity contribution in [2.24, 2.45) is 0 Å². The van der Waals surface area contributed by atoms with Gasteiger partial charge >= 0.3 is 5.97 Å². The van der Waals surface area contributed by atoms with Gasteiger partial charge in [0.1, 0.15) is 5.01 Å². The van der Waals surface area contributed by atoms with E-state index in [9.17, 15) is 4.79 Å². The maximum absolute atomic E-state index is 11.0. The second-order valence-corrected chi connectivity index (χ2v) is 6.19. The lowest BCUT2D eigenvalue weighted by Crippen LogP contribution is -2.02. The van der Waals surface area contributed by atoms with Gasteiger partial charge in [-0.05, 0) is 17.9 Å². The first-order chi connectivity index (χ1) is 9.51. The number of benzene rings is 1. The Balaban J connectivity index is 2.38. The molecule has 2 rings (SSSR count). The minimum atomic E-state index is -0.802. The summed E-state index contributed by atoms with van der Waals surface area (Å²) < 4.78 is 0. The number of carboxylic acid groups (broad SMARTS) is 1. The van der Waals surface area contributed by atoms with Gasteiger partial charge in [-0.2, -0.15) is 0 Å². The zero-order valence-electron chi connectivity index (χ0n) is 12.0. The van der Waals surface area contributed by atoms with Crippen molar-refractivity contribution >= 4 is 17.3 Å². The average Bonchev–Trinajstić information content (AvgIpc) is 2.82. The molecule has 4 heteroatoms. The smallest absolute Gasteiger partial charge is 0.308 e. The highest BCUT2D eigenvalue weighted by Crippen LogP contribution is 2.32. The summed E-state index contributed by atoms with van der Waals surface area (Å²) in [7, 11) is 0. The zero-order chi connectivity index (χ0) is 14.7. The van der Waals surface area contributed by atoms with Crippen molar-refractivity contribution < 1.29 is 9.90 Å². The molecule has 0 radical (unpaired) electrons. The molecule has 1 N–H and O–H groups in total. The normalized spacial score (nSPS) is 11.0. The van der Waals surface area contributed by atoms with E-state index in [1.54, 1.807) is 0 Å². The number of aliphatic carboxylic acids is 1. The van der Waals surface area contributed by atoms with E-state index in [-0.39, 0.29) is 12.3 Å². The average molecular weight is 289 g/mol. The van der Waals surface area contributed by atoms with Crippen molar-refractivity contribution in [3.8, 4) is 10.6 Å². The molecule has 0 unspecified atom stereocenters. The van der Waals surface area contributed by atoms with E-state index in [2.05, 4.69) is 36.2 Å². The molecule has 2 aromatic rings. The molecular weight excluding hydrogens is 270 g/mol. The van der Waals surface area contributed by atoms with Crippen LogP contribution in [-0.2, 0) is 17.6 Å². The maximum atomic E-state index is 11.0. The predicted octanol–water partition coefficient (Wildman–Crippen LogP) is 4.12. The summed E-state index contributed by atoms with van der Waals surface area (Å²) in [6, 6.07) is 8.32. The van der Waals surface area contributed by atoms with Crippen LogP contribution < -0.4 is 0 Å². The molecule has 1 aromatic carbocycles. The van der Waals surface area contributed by atoms with Crippen LogP contribution in [0.3, 0.4) is 0 Å². The number of nitrogens with zero attached hydrogens (tertiary/aromatic N) is 1. The van der Waals surface area contributed by atoms with Crippen LogP contribution in [0.4, 0.5) is 0 Å². The third-order valence-corrected chi connectivity index (χ3v) is 4.32. The predicted molar refractivity (Wildman–Crippen MR) is 82.4 cm³/mol. The molecule has 0 aliphatic rings. The summed E-state index contributed by atoms with van der Waals surface area (Å²) in [5, 5.41) is 9.91. The Kier molecular flexibility index (Phi) is 4.55. The first kappa shape index (κ1) is 14.7. The molecule has 106 valence electrons. The second kappa shape index (κ2) is 6.18. The third-order valence-electron chi connectivity index (χ3n) is 3.20. The van der Waals surface area contributed by atoms with Crippen molar-refractivity contribution in [2.75, 3.05) is 0 Å². The van der Waals surface area contributed by atoms with Gasteiger partial charge in [-0.25, -0.2) is 4.98 Å². The van der Waals surface area contributed by atoms with Crippen LogP contribution in [0, 0.1) is 0 Å². The van der Waals surface area contributed by atoms with Gasteiger partial charge in [0.05, 0.1) is 12.1 Å². The molecule has 1 aromatic heterocycles. The van der Waals surface area contributed by atoms with Crippen LogP contribution in [0.2, 0.25) is 0 Å². The summed E-state index contributed by atoms with van der Waals surface area (Å²) in [6.07, 6.45) is 1.07. The van der Waals surface area contributed by atoms with E-state index < -0.39 is 5.97 Å². The molecule has 1 heterocycles. The fourth-order valence-electron chi connectivity index (χ4n) is 2.09. The lowest BCUT2D eigenvalue weighted by molar-refractivity contribution is -0.136. The van der Waals surface area contributed by atoms with Crippen molar-refractivity contribution in [2.45, 2.75) is 39.5 Å². The molecule has 0 saturated heterocycles. The van der Waals surface area contributed by atoms with Crippen molar-refractivity contribution in [1.82, 2.24) is 4.98 Å². The lowest BCUT2D eigenvalue weighted by atomic mass is 10.1. The first-order valence-electron chi connectivity index (χ1n) is 6.82.